The van der Waals surface area contributed by atoms with Crippen molar-refractivity contribution in [2.75, 3.05) is 4.90 Å². The molecule has 0 N–H and O–H groups in total. The highest BCUT2D eigenvalue weighted by atomic mass is 16.4. The number of carboxylic acids is 1. The Hall–Kier alpha value is -4.06. The van der Waals surface area contributed by atoms with E-state index in [1.807, 2.05) is 85.8 Å². The van der Waals surface area contributed by atoms with E-state index in [0.29, 0.717) is 24.2 Å². The lowest BCUT2D eigenvalue weighted by Gasteiger charge is -2.39. The molecule has 5 rings (SSSR count). The maximum atomic E-state index is 13.9. The molecule has 1 aliphatic heterocycles. The molecule has 1 aliphatic carbocycles. The van der Waals surface area contributed by atoms with Gasteiger partial charge in [0.2, 0.25) is 5.91 Å². The van der Waals surface area contributed by atoms with Gasteiger partial charge in [-0.1, -0.05) is 72.3 Å². The number of benzene rings is 3. The summed E-state index contributed by atoms with van der Waals surface area (Å²) in [4.78, 5) is 45.3. The van der Waals surface area contributed by atoms with Crippen molar-refractivity contribution in [3.8, 4) is 0 Å². The smallest absolute Gasteiger partial charge is 0.228 e. The van der Waals surface area contributed by atoms with Crippen LogP contribution < -0.4 is 10.0 Å². The van der Waals surface area contributed by atoms with Crippen LogP contribution in [0.15, 0.2) is 83.9 Å². The van der Waals surface area contributed by atoms with Crippen LogP contribution in [-0.4, -0.2) is 23.4 Å². The third-order valence-corrected chi connectivity index (χ3v) is 7.11. The molecular formula is C30H27N2O4-. The van der Waals surface area contributed by atoms with Gasteiger partial charge in [0, 0.05) is 24.5 Å². The van der Waals surface area contributed by atoms with E-state index in [9.17, 15) is 19.5 Å². The van der Waals surface area contributed by atoms with Crippen LogP contribution >= 0.6 is 0 Å². The van der Waals surface area contributed by atoms with Gasteiger partial charge in [0.1, 0.15) is 5.78 Å². The Morgan fingerprint density at radius 1 is 0.889 bits per heavy atom. The number of aryl methyl sites for hydroxylation is 1. The third kappa shape index (κ3) is 4.59. The lowest BCUT2D eigenvalue weighted by atomic mass is 9.72. The number of carbonyl (C=O) groups excluding carboxylic acids is 3. The molecule has 0 aromatic heterocycles. The lowest BCUT2D eigenvalue weighted by molar-refractivity contribution is -0.305. The number of aliphatic imine (C=N–C) groups is 1. The van der Waals surface area contributed by atoms with Crippen LogP contribution in [0.25, 0.3) is 0 Å². The molecule has 0 spiro atoms. The van der Waals surface area contributed by atoms with Gasteiger partial charge >= 0.3 is 0 Å². The minimum atomic E-state index is -1.28. The molecule has 36 heavy (non-hydrogen) atoms. The number of nitrogens with zero attached hydrogens (tertiary/aromatic N) is 2. The van der Waals surface area contributed by atoms with Gasteiger partial charge in [0.25, 0.3) is 0 Å². The highest BCUT2D eigenvalue weighted by molar-refractivity contribution is 6.13. The maximum Gasteiger partial charge on any atom is 0.228 e. The summed E-state index contributed by atoms with van der Waals surface area (Å²) < 4.78 is 0. The van der Waals surface area contributed by atoms with Crippen molar-refractivity contribution in [1.82, 2.24) is 0 Å². The molecule has 1 amide bonds. The van der Waals surface area contributed by atoms with Gasteiger partial charge in [0.05, 0.1) is 23.3 Å². The standard InChI is InChI=1S/C30H28N2O4/c1-19-11-13-21(14-12-19)30-29-24(17-22(18-26(29)33)20-7-3-2-4-8-20)31-23-9-5-6-10-25(23)32(30)27(34)15-16-28(35)36/h2-14,22,29-30H,15-18H2,1H3,(H,35,36)/p-1/t22-,29-,30-/m1/s1. The van der Waals surface area contributed by atoms with Crippen LogP contribution in [0, 0.1) is 12.8 Å². The normalized spacial score (nSPS) is 21.1. The number of aliphatic carboxylic acids is 1. The van der Waals surface area contributed by atoms with Crippen molar-refractivity contribution < 1.29 is 19.5 Å². The van der Waals surface area contributed by atoms with Gasteiger partial charge in [-0.15, -0.1) is 0 Å². The fourth-order valence-electron chi connectivity index (χ4n) is 5.38. The Kier molecular flexibility index (Phi) is 6.51. The number of carboxylic acid groups (broad SMARTS) is 1. The van der Waals surface area contributed by atoms with E-state index in [2.05, 4.69) is 0 Å². The van der Waals surface area contributed by atoms with Crippen molar-refractivity contribution in [3.63, 3.8) is 0 Å². The van der Waals surface area contributed by atoms with Crippen molar-refractivity contribution in [2.45, 2.75) is 44.6 Å². The average Bonchev–Trinajstić information content (AvgIpc) is 3.03. The number of fused-ring (bicyclic) bond motifs is 2. The summed E-state index contributed by atoms with van der Waals surface area (Å²) in [6.07, 6.45) is 0.355. The number of Topliss-reactive ketones (excluding diaryl/α,β-unsaturated/α-hetero) is 1. The Labute approximate surface area is 210 Å². The van der Waals surface area contributed by atoms with Crippen molar-refractivity contribution in [3.05, 3.63) is 95.6 Å². The molecule has 1 fully saturated rings. The summed E-state index contributed by atoms with van der Waals surface area (Å²) in [7, 11) is 0. The Balaban J connectivity index is 1.66. The second kappa shape index (κ2) is 9.90. The Morgan fingerprint density at radius 3 is 2.31 bits per heavy atom. The second-order valence-electron chi connectivity index (χ2n) is 9.54. The molecule has 3 atom stereocenters. The quantitative estimate of drug-likeness (QED) is 0.541. The summed E-state index contributed by atoms with van der Waals surface area (Å²) >= 11 is 0. The van der Waals surface area contributed by atoms with Gasteiger partial charge in [-0.25, -0.2) is 0 Å². The molecular weight excluding hydrogens is 452 g/mol. The van der Waals surface area contributed by atoms with E-state index in [0.717, 1.165) is 22.4 Å². The zero-order valence-corrected chi connectivity index (χ0v) is 20.1. The molecule has 3 aromatic carbocycles. The van der Waals surface area contributed by atoms with Crippen molar-refractivity contribution >= 4 is 34.7 Å². The average molecular weight is 480 g/mol. The van der Waals surface area contributed by atoms with E-state index in [1.54, 1.807) is 4.90 Å². The molecule has 182 valence electrons. The molecule has 6 heteroatoms. The van der Waals surface area contributed by atoms with Gasteiger partial charge in [0.15, 0.2) is 0 Å². The lowest BCUT2D eigenvalue weighted by Crippen LogP contribution is -2.45. The van der Waals surface area contributed by atoms with Crippen LogP contribution in [0.1, 0.15) is 54.3 Å². The van der Waals surface area contributed by atoms with Crippen LogP contribution in [0.4, 0.5) is 11.4 Å². The van der Waals surface area contributed by atoms with Gasteiger partial charge < -0.3 is 14.8 Å². The molecule has 0 unspecified atom stereocenters. The zero-order chi connectivity index (χ0) is 25.2. The minimum Gasteiger partial charge on any atom is -0.550 e. The Morgan fingerprint density at radius 2 is 1.58 bits per heavy atom. The zero-order valence-electron chi connectivity index (χ0n) is 20.1. The number of hydrogen-bond donors (Lipinski definition) is 0. The number of rotatable bonds is 5. The van der Waals surface area contributed by atoms with E-state index in [4.69, 9.17) is 4.99 Å². The third-order valence-electron chi connectivity index (χ3n) is 7.11. The summed E-state index contributed by atoms with van der Waals surface area (Å²) in [6.45, 7) is 1.98. The summed E-state index contributed by atoms with van der Waals surface area (Å²) in [5.41, 5.74) is 4.93. The SMILES string of the molecule is Cc1ccc([C@@H]2[C@H]3C(=O)C[C@H](c4ccccc4)CC3=Nc3ccccc3N2C(=O)CCC(=O)[O-])cc1. The first-order valence-electron chi connectivity index (χ1n) is 12.2. The number of carbonyl (C=O) groups is 3. The fraction of sp³-hybridized carbons (Fsp3) is 0.267. The van der Waals surface area contributed by atoms with Crippen molar-refractivity contribution in [2.24, 2.45) is 10.9 Å². The second-order valence-corrected chi connectivity index (χ2v) is 9.54. The van der Waals surface area contributed by atoms with Crippen LogP contribution in [-0.2, 0) is 14.4 Å². The van der Waals surface area contributed by atoms with E-state index in [1.165, 1.54) is 0 Å². The Bertz CT molecular complexity index is 1330. The number of hydrogen-bond acceptors (Lipinski definition) is 5. The van der Waals surface area contributed by atoms with Gasteiger partial charge in [-0.05, 0) is 48.9 Å². The fourth-order valence-corrected chi connectivity index (χ4v) is 5.38. The molecule has 6 nitrogen and oxygen atoms in total. The molecule has 0 radical (unpaired) electrons. The van der Waals surface area contributed by atoms with Gasteiger partial charge in [-0.2, -0.15) is 0 Å². The largest absolute Gasteiger partial charge is 0.550 e. The number of amides is 1. The van der Waals surface area contributed by atoms with Crippen LogP contribution in [0.5, 0.6) is 0 Å². The topological polar surface area (TPSA) is 89.9 Å². The molecule has 0 bridgehead atoms. The molecule has 1 heterocycles. The number of ketones is 1. The highest BCUT2D eigenvalue weighted by Gasteiger charge is 2.46. The van der Waals surface area contributed by atoms with Crippen molar-refractivity contribution in [1.29, 1.82) is 0 Å². The first-order chi connectivity index (χ1) is 17.4. The van der Waals surface area contributed by atoms with E-state index in [-0.39, 0.29) is 30.4 Å². The monoisotopic (exact) mass is 479 g/mol. The maximum absolute atomic E-state index is 13.9. The van der Waals surface area contributed by atoms with Crippen LogP contribution in [0.3, 0.4) is 0 Å². The highest BCUT2D eigenvalue weighted by Crippen LogP contribution is 2.47. The number of anilines is 1. The molecule has 3 aromatic rings. The summed E-state index contributed by atoms with van der Waals surface area (Å²) in [5, 5.41) is 11.2. The van der Waals surface area contributed by atoms with Crippen LogP contribution in [0.2, 0.25) is 0 Å². The summed E-state index contributed by atoms with van der Waals surface area (Å²) in [6, 6.07) is 24.5. The van der Waals surface area contributed by atoms with E-state index >= 15 is 0 Å². The summed E-state index contributed by atoms with van der Waals surface area (Å²) in [5.74, 6) is -2.22. The predicted molar refractivity (Wildman–Crippen MR) is 136 cm³/mol. The van der Waals surface area contributed by atoms with E-state index < -0.39 is 17.9 Å². The molecule has 2 aliphatic rings. The van der Waals surface area contributed by atoms with Gasteiger partial charge in [-0.3, -0.25) is 14.6 Å². The molecule has 0 saturated heterocycles. The first kappa shape index (κ1) is 23.7. The number of para-hydroxylation sites is 2. The minimum absolute atomic E-state index is 0.0138. The first-order valence-corrected chi connectivity index (χ1v) is 12.2. The predicted octanol–water partition coefficient (Wildman–Crippen LogP) is 4.45. The molecule has 1 saturated carbocycles.